The zero-order chi connectivity index (χ0) is 24.6. The quantitative estimate of drug-likeness (QED) is 0.648. The number of hydrogen-bond donors (Lipinski definition) is 1. The number of rotatable bonds is 3. The summed E-state index contributed by atoms with van der Waals surface area (Å²) in [5, 5.41) is 12.0. The van der Waals surface area contributed by atoms with Crippen LogP contribution in [0.2, 0.25) is 5.15 Å². The average Bonchev–Trinajstić information content (AvgIpc) is 3.33. The molecule has 2 aliphatic heterocycles. The number of aliphatic hydroxyl groups is 1. The van der Waals surface area contributed by atoms with Crippen molar-refractivity contribution in [3.63, 3.8) is 0 Å². The number of halogens is 2. The third-order valence-corrected chi connectivity index (χ3v) is 8.22. The lowest BCUT2D eigenvalue weighted by Crippen LogP contribution is -2.64. The van der Waals surface area contributed by atoms with Gasteiger partial charge >= 0.3 is 6.03 Å². The van der Waals surface area contributed by atoms with Crippen LogP contribution in [0.3, 0.4) is 0 Å². The molecule has 0 bridgehead atoms. The standard InChI is InChI=1S/C25H30ClFN4O4/c26-21-13-22(32)30(17-28-21)16-25(34)9-10-29(15-24(25)7-1-2-8-24)23(33)31-11-12-35-14-20(31)18-3-5-19(27)6-4-18/h3-6,13,17,20,34H,1-2,7-12,14-16H2/t20-,25+/m0/s1. The fraction of sp³-hybridized carbons (Fsp3) is 0.560. The highest BCUT2D eigenvalue weighted by atomic mass is 35.5. The predicted octanol–water partition coefficient (Wildman–Crippen LogP) is 3.23. The molecule has 2 aromatic rings. The third kappa shape index (κ3) is 4.57. The Balaban J connectivity index is 1.38. The first-order chi connectivity index (χ1) is 16.8. The summed E-state index contributed by atoms with van der Waals surface area (Å²) < 4.78 is 20.5. The van der Waals surface area contributed by atoms with Crippen molar-refractivity contribution in [3.8, 4) is 0 Å². The Bertz CT molecular complexity index is 1140. The van der Waals surface area contributed by atoms with E-state index in [0.717, 1.165) is 31.2 Å². The number of morpholine rings is 1. The second kappa shape index (κ2) is 9.52. The number of nitrogens with zero attached hydrogens (tertiary/aromatic N) is 4. The van der Waals surface area contributed by atoms with Crippen molar-refractivity contribution in [2.24, 2.45) is 5.41 Å². The van der Waals surface area contributed by atoms with Crippen molar-refractivity contribution in [2.45, 2.75) is 50.3 Å². The predicted molar refractivity (Wildman–Crippen MR) is 128 cm³/mol. The van der Waals surface area contributed by atoms with E-state index < -0.39 is 11.0 Å². The second-order valence-corrected chi connectivity index (χ2v) is 10.4. The summed E-state index contributed by atoms with van der Waals surface area (Å²) in [5.74, 6) is -0.322. The summed E-state index contributed by atoms with van der Waals surface area (Å²) in [4.78, 5) is 33.9. The van der Waals surface area contributed by atoms with Crippen LogP contribution < -0.4 is 5.56 Å². The molecule has 0 unspecified atom stereocenters. The van der Waals surface area contributed by atoms with Crippen LogP contribution in [0.25, 0.3) is 0 Å². The Kier molecular flexibility index (Phi) is 6.59. The topological polar surface area (TPSA) is 87.9 Å². The SMILES string of the molecule is O=C(N1CC[C@@](O)(Cn2cnc(Cl)cc2=O)C2(CCCC2)C1)N1CCOC[C@H]1c1ccc(F)cc1. The summed E-state index contributed by atoms with van der Waals surface area (Å²) in [6, 6.07) is 7.04. The molecule has 3 fully saturated rings. The Morgan fingerprint density at radius 3 is 2.66 bits per heavy atom. The number of piperidine rings is 1. The largest absolute Gasteiger partial charge is 0.387 e. The molecule has 2 atom stereocenters. The minimum absolute atomic E-state index is 0.0960. The summed E-state index contributed by atoms with van der Waals surface area (Å²) in [7, 11) is 0. The monoisotopic (exact) mass is 504 g/mol. The summed E-state index contributed by atoms with van der Waals surface area (Å²) in [6.45, 7) is 2.16. The van der Waals surface area contributed by atoms with Gasteiger partial charge in [0, 0.05) is 31.1 Å². The highest BCUT2D eigenvalue weighted by Crippen LogP contribution is 2.51. The van der Waals surface area contributed by atoms with Crippen LogP contribution in [-0.4, -0.2) is 68.9 Å². The van der Waals surface area contributed by atoms with E-state index in [0.29, 0.717) is 39.3 Å². The lowest BCUT2D eigenvalue weighted by molar-refractivity contribution is -0.137. The van der Waals surface area contributed by atoms with Crippen molar-refractivity contribution in [3.05, 3.63) is 63.5 Å². The first-order valence-electron chi connectivity index (χ1n) is 12.1. The summed E-state index contributed by atoms with van der Waals surface area (Å²) in [6.07, 6.45) is 5.24. The number of benzene rings is 1. The number of aromatic nitrogens is 2. The number of carbonyl (C=O) groups excluding carboxylic acids is 1. The van der Waals surface area contributed by atoms with E-state index in [1.807, 2.05) is 4.90 Å². The molecule has 1 aromatic carbocycles. The van der Waals surface area contributed by atoms with Gasteiger partial charge in [0.25, 0.3) is 5.56 Å². The van der Waals surface area contributed by atoms with Gasteiger partial charge in [0.2, 0.25) is 0 Å². The van der Waals surface area contributed by atoms with Crippen LogP contribution in [0.5, 0.6) is 0 Å². The van der Waals surface area contributed by atoms with Gasteiger partial charge in [-0.3, -0.25) is 9.36 Å². The highest BCUT2D eigenvalue weighted by molar-refractivity contribution is 6.29. The van der Waals surface area contributed by atoms with Crippen molar-refractivity contribution in [2.75, 3.05) is 32.8 Å². The van der Waals surface area contributed by atoms with Crippen LogP contribution in [-0.2, 0) is 11.3 Å². The van der Waals surface area contributed by atoms with E-state index in [2.05, 4.69) is 4.98 Å². The maximum absolute atomic E-state index is 13.8. The molecule has 1 N–H and O–H groups in total. The number of carbonyl (C=O) groups is 1. The lowest BCUT2D eigenvalue weighted by Gasteiger charge is -2.53. The first-order valence-corrected chi connectivity index (χ1v) is 12.5. The fourth-order valence-corrected chi connectivity index (χ4v) is 6.18. The smallest absolute Gasteiger partial charge is 0.320 e. The zero-order valence-corrected chi connectivity index (χ0v) is 20.3. The molecule has 0 radical (unpaired) electrons. The minimum Gasteiger partial charge on any atom is -0.387 e. The van der Waals surface area contributed by atoms with E-state index in [4.69, 9.17) is 16.3 Å². The molecule has 188 valence electrons. The maximum atomic E-state index is 13.8. The van der Waals surface area contributed by atoms with E-state index in [1.54, 1.807) is 17.0 Å². The van der Waals surface area contributed by atoms with Gasteiger partial charge in [-0.25, -0.2) is 14.2 Å². The van der Waals surface area contributed by atoms with Crippen molar-refractivity contribution < 1.29 is 19.0 Å². The van der Waals surface area contributed by atoms with E-state index >= 15 is 0 Å². The van der Waals surface area contributed by atoms with E-state index in [-0.39, 0.29) is 35.1 Å². The van der Waals surface area contributed by atoms with Crippen molar-refractivity contribution >= 4 is 17.6 Å². The van der Waals surface area contributed by atoms with Crippen molar-refractivity contribution in [1.29, 1.82) is 0 Å². The number of ether oxygens (including phenoxy) is 1. The van der Waals surface area contributed by atoms with Gasteiger partial charge in [0.15, 0.2) is 0 Å². The molecule has 2 amide bonds. The van der Waals surface area contributed by atoms with Gasteiger partial charge in [-0.2, -0.15) is 0 Å². The van der Waals surface area contributed by atoms with Gasteiger partial charge in [0.05, 0.1) is 37.7 Å². The molecule has 8 nitrogen and oxygen atoms in total. The molecule has 1 saturated carbocycles. The molecular formula is C25H30ClFN4O4. The van der Waals surface area contributed by atoms with E-state index in [9.17, 15) is 19.1 Å². The maximum Gasteiger partial charge on any atom is 0.320 e. The number of hydrogen-bond acceptors (Lipinski definition) is 5. The highest BCUT2D eigenvalue weighted by Gasteiger charge is 2.56. The van der Waals surface area contributed by atoms with Crippen LogP contribution in [0.15, 0.2) is 41.5 Å². The molecule has 3 heterocycles. The zero-order valence-electron chi connectivity index (χ0n) is 19.5. The van der Waals surface area contributed by atoms with Crippen LogP contribution in [0.4, 0.5) is 9.18 Å². The van der Waals surface area contributed by atoms with Gasteiger partial charge < -0.3 is 19.6 Å². The Morgan fingerprint density at radius 1 is 1.20 bits per heavy atom. The van der Waals surface area contributed by atoms with Gasteiger partial charge in [0.1, 0.15) is 11.0 Å². The lowest BCUT2D eigenvalue weighted by atomic mass is 9.66. The molecule has 35 heavy (non-hydrogen) atoms. The van der Waals surface area contributed by atoms with E-state index in [1.165, 1.54) is 29.1 Å². The van der Waals surface area contributed by atoms with Gasteiger partial charge in [-0.1, -0.05) is 36.6 Å². The molecule has 1 spiro atoms. The van der Waals surface area contributed by atoms with Gasteiger partial charge in [-0.15, -0.1) is 0 Å². The van der Waals surface area contributed by atoms with Crippen LogP contribution >= 0.6 is 11.6 Å². The van der Waals surface area contributed by atoms with Crippen LogP contribution in [0, 0.1) is 11.2 Å². The van der Waals surface area contributed by atoms with Gasteiger partial charge in [-0.05, 0) is 37.0 Å². The van der Waals surface area contributed by atoms with Crippen molar-refractivity contribution in [1.82, 2.24) is 19.4 Å². The Hall–Kier alpha value is -2.49. The molecule has 3 aliphatic rings. The Morgan fingerprint density at radius 2 is 1.94 bits per heavy atom. The molecule has 10 heteroatoms. The number of amides is 2. The molecular weight excluding hydrogens is 475 g/mol. The average molecular weight is 505 g/mol. The first kappa shape index (κ1) is 24.2. The normalized spacial score (nSPS) is 26.3. The third-order valence-electron chi connectivity index (χ3n) is 8.01. The minimum atomic E-state index is -1.14. The fourth-order valence-electron chi connectivity index (χ4n) is 6.04. The summed E-state index contributed by atoms with van der Waals surface area (Å²) in [5.41, 5.74) is -1.11. The molecule has 1 aliphatic carbocycles. The molecule has 2 saturated heterocycles. The number of urea groups is 1. The molecule has 1 aromatic heterocycles. The second-order valence-electron chi connectivity index (χ2n) is 9.99. The van der Waals surface area contributed by atoms with Crippen LogP contribution in [0.1, 0.15) is 43.7 Å². The number of likely N-dealkylation sites (tertiary alicyclic amines) is 1. The Labute approximate surface area is 208 Å². The molecule has 5 rings (SSSR count). The summed E-state index contributed by atoms with van der Waals surface area (Å²) >= 11 is 5.84.